The van der Waals surface area contributed by atoms with Crippen LogP contribution in [0.1, 0.15) is 15.9 Å². The number of nitrogens with one attached hydrogen (secondary N) is 1. The Balaban J connectivity index is 0.00000180. The molecule has 0 amide bonds. The number of hydrogen-bond acceptors (Lipinski definition) is 2. The Morgan fingerprint density at radius 1 is 0.895 bits per heavy atom. The number of benzene rings is 2. The third-order valence-corrected chi connectivity index (χ3v) is 2.81. The Bertz CT molecular complexity index is 485. The molecule has 0 unspecified atom stereocenters. The van der Waals surface area contributed by atoms with Gasteiger partial charge in [-0.25, -0.2) is 0 Å². The lowest BCUT2D eigenvalue weighted by atomic mass is 10.1. The van der Waals surface area contributed by atoms with Gasteiger partial charge in [-0.3, -0.25) is 4.79 Å². The molecule has 0 radical (unpaired) electrons. The predicted octanol–water partition coefficient (Wildman–Crippen LogP) is 3.28. The molecule has 0 saturated carbocycles. The second-order valence-electron chi connectivity index (χ2n) is 4.20. The monoisotopic (exact) mass is 319 g/mol. The maximum Gasteiger partial charge on any atom is 0.176 e. The minimum atomic E-state index is 0. The van der Waals surface area contributed by atoms with Crippen LogP contribution in [-0.2, 0) is 6.42 Å². The van der Waals surface area contributed by atoms with E-state index in [2.05, 4.69) is 17.4 Å². The number of carbonyl (C=O) groups excluding carboxylic acids is 1. The molecule has 2 nitrogen and oxygen atoms in total. The van der Waals surface area contributed by atoms with Crippen LogP contribution >= 0.6 is 17.0 Å². The second kappa shape index (κ2) is 8.62. The van der Waals surface area contributed by atoms with E-state index in [0.717, 1.165) is 18.5 Å². The summed E-state index contributed by atoms with van der Waals surface area (Å²) in [7, 11) is 0. The number of ketones is 1. The van der Waals surface area contributed by atoms with Gasteiger partial charge in [0.2, 0.25) is 0 Å². The van der Waals surface area contributed by atoms with Gasteiger partial charge in [0, 0.05) is 5.56 Å². The zero-order valence-corrected chi connectivity index (χ0v) is 12.4. The van der Waals surface area contributed by atoms with E-state index in [9.17, 15) is 4.79 Å². The minimum absolute atomic E-state index is 0. The molecule has 0 fully saturated rings. The first-order valence-electron chi connectivity index (χ1n) is 6.19. The van der Waals surface area contributed by atoms with Crippen LogP contribution < -0.4 is 5.32 Å². The summed E-state index contributed by atoms with van der Waals surface area (Å²) in [4.78, 5) is 11.8. The quantitative estimate of drug-likeness (QED) is 0.654. The highest BCUT2D eigenvalue weighted by Gasteiger charge is 2.03. The van der Waals surface area contributed by atoms with Crippen molar-refractivity contribution in [3.63, 3.8) is 0 Å². The SMILES string of the molecule is Br.O=C(CNCCc1ccccc1)c1ccccc1. The summed E-state index contributed by atoms with van der Waals surface area (Å²) in [5, 5.41) is 3.18. The molecule has 0 heterocycles. The molecule has 0 spiro atoms. The maximum atomic E-state index is 11.8. The van der Waals surface area contributed by atoms with Gasteiger partial charge in [0.05, 0.1) is 6.54 Å². The number of hydrogen-bond donors (Lipinski definition) is 1. The van der Waals surface area contributed by atoms with Gasteiger partial charge in [-0.2, -0.15) is 0 Å². The third kappa shape index (κ3) is 5.37. The normalized spacial score (nSPS) is 9.68. The molecule has 100 valence electrons. The van der Waals surface area contributed by atoms with Crippen LogP contribution in [-0.4, -0.2) is 18.9 Å². The average Bonchev–Trinajstić information content (AvgIpc) is 2.45. The molecule has 19 heavy (non-hydrogen) atoms. The number of halogens is 1. The van der Waals surface area contributed by atoms with E-state index < -0.39 is 0 Å². The molecular weight excluding hydrogens is 302 g/mol. The zero-order chi connectivity index (χ0) is 12.6. The van der Waals surface area contributed by atoms with Crippen LogP contribution in [0.5, 0.6) is 0 Å². The van der Waals surface area contributed by atoms with Crippen molar-refractivity contribution < 1.29 is 4.79 Å². The Kier molecular flexibility index (Phi) is 7.08. The van der Waals surface area contributed by atoms with E-state index in [4.69, 9.17) is 0 Å². The molecular formula is C16H18BrNO. The Labute approximate surface area is 124 Å². The fraction of sp³-hybridized carbons (Fsp3) is 0.188. The largest absolute Gasteiger partial charge is 0.309 e. The number of Topliss-reactive ketones (excluding diaryl/α,β-unsaturated/α-hetero) is 1. The van der Waals surface area contributed by atoms with Crippen molar-refractivity contribution in [1.82, 2.24) is 5.32 Å². The molecule has 2 rings (SSSR count). The van der Waals surface area contributed by atoms with Crippen LogP contribution in [0.3, 0.4) is 0 Å². The summed E-state index contributed by atoms with van der Waals surface area (Å²) in [5.74, 6) is 0.142. The van der Waals surface area contributed by atoms with E-state index in [1.807, 2.05) is 48.5 Å². The molecule has 0 aliphatic heterocycles. The lowest BCUT2D eigenvalue weighted by Crippen LogP contribution is -2.25. The van der Waals surface area contributed by atoms with Gasteiger partial charge in [0.1, 0.15) is 0 Å². The summed E-state index contributed by atoms with van der Waals surface area (Å²) in [6.45, 7) is 1.22. The molecule has 2 aromatic rings. The van der Waals surface area contributed by atoms with Crippen molar-refractivity contribution in [2.45, 2.75) is 6.42 Å². The van der Waals surface area contributed by atoms with Crippen molar-refractivity contribution in [3.8, 4) is 0 Å². The smallest absolute Gasteiger partial charge is 0.176 e. The second-order valence-corrected chi connectivity index (χ2v) is 4.20. The summed E-state index contributed by atoms with van der Waals surface area (Å²) >= 11 is 0. The van der Waals surface area contributed by atoms with Gasteiger partial charge < -0.3 is 5.32 Å². The number of rotatable bonds is 6. The van der Waals surface area contributed by atoms with Crippen molar-refractivity contribution in [3.05, 3.63) is 71.8 Å². The minimum Gasteiger partial charge on any atom is -0.309 e. The van der Waals surface area contributed by atoms with Gasteiger partial charge >= 0.3 is 0 Å². The lowest BCUT2D eigenvalue weighted by molar-refractivity contribution is 0.0991. The summed E-state index contributed by atoms with van der Waals surface area (Å²) in [6, 6.07) is 19.7. The molecule has 0 aromatic heterocycles. The molecule has 2 aromatic carbocycles. The molecule has 0 aliphatic carbocycles. The maximum absolute atomic E-state index is 11.8. The van der Waals surface area contributed by atoms with Crippen LogP contribution in [0, 0.1) is 0 Å². The topological polar surface area (TPSA) is 29.1 Å². The van der Waals surface area contributed by atoms with Crippen molar-refractivity contribution in [2.75, 3.05) is 13.1 Å². The van der Waals surface area contributed by atoms with Crippen molar-refractivity contribution in [2.24, 2.45) is 0 Å². The van der Waals surface area contributed by atoms with E-state index in [1.54, 1.807) is 0 Å². The highest BCUT2D eigenvalue weighted by atomic mass is 79.9. The van der Waals surface area contributed by atoms with Crippen LogP contribution in [0.15, 0.2) is 60.7 Å². The fourth-order valence-electron chi connectivity index (χ4n) is 1.81. The highest BCUT2D eigenvalue weighted by Crippen LogP contribution is 2.00. The standard InChI is InChI=1S/C16H17NO.BrH/c18-16(15-9-5-2-6-10-15)13-17-12-11-14-7-3-1-4-8-14;/h1-10,17H,11-13H2;1H. The summed E-state index contributed by atoms with van der Waals surface area (Å²) in [6.07, 6.45) is 0.947. The summed E-state index contributed by atoms with van der Waals surface area (Å²) < 4.78 is 0. The fourth-order valence-corrected chi connectivity index (χ4v) is 1.81. The summed E-state index contributed by atoms with van der Waals surface area (Å²) in [5.41, 5.74) is 2.06. The first kappa shape index (κ1) is 15.6. The predicted molar refractivity (Wildman–Crippen MR) is 84.1 cm³/mol. The van der Waals surface area contributed by atoms with Crippen molar-refractivity contribution >= 4 is 22.8 Å². The first-order valence-corrected chi connectivity index (χ1v) is 6.19. The van der Waals surface area contributed by atoms with Gasteiger partial charge in [0.25, 0.3) is 0 Å². The van der Waals surface area contributed by atoms with E-state index in [1.165, 1.54) is 5.56 Å². The van der Waals surface area contributed by atoms with E-state index >= 15 is 0 Å². The molecule has 0 aliphatic rings. The molecule has 0 atom stereocenters. The Hall–Kier alpha value is -1.45. The Morgan fingerprint density at radius 3 is 2.11 bits per heavy atom. The average molecular weight is 320 g/mol. The zero-order valence-electron chi connectivity index (χ0n) is 10.7. The van der Waals surface area contributed by atoms with Crippen LogP contribution in [0.25, 0.3) is 0 Å². The van der Waals surface area contributed by atoms with Crippen molar-refractivity contribution in [1.29, 1.82) is 0 Å². The van der Waals surface area contributed by atoms with E-state index in [0.29, 0.717) is 6.54 Å². The molecule has 1 N–H and O–H groups in total. The first-order chi connectivity index (χ1) is 8.86. The molecule has 0 bridgehead atoms. The van der Waals surface area contributed by atoms with Crippen LogP contribution in [0.2, 0.25) is 0 Å². The van der Waals surface area contributed by atoms with Gasteiger partial charge in [-0.1, -0.05) is 60.7 Å². The molecule has 0 saturated heterocycles. The number of carbonyl (C=O) groups is 1. The Morgan fingerprint density at radius 2 is 1.47 bits per heavy atom. The van der Waals surface area contributed by atoms with Gasteiger partial charge in [0.15, 0.2) is 5.78 Å². The van der Waals surface area contributed by atoms with Gasteiger partial charge in [-0.05, 0) is 18.5 Å². The lowest BCUT2D eigenvalue weighted by Gasteiger charge is -2.04. The van der Waals surface area contributed by atoms with E-state index in [-0.39, 0.29) is 22.8 Å². The van der Waals surface area contributed by atoms with Gasteiger partial charge in [-0.15, -0.1) is 17.0 Å². The molecule has 3 heteroatoms. The third-order valence-electron chi connectivity index (χ3n) is 2.81. The highest BCUT2D eigenvalue weighted by molar-refractivity contribution is 8.93. The van der Waals surface area contributed by atoms with Crippen LogP contribution in [0.4, 0.5) is 0 Å².